The van der Waals surface area contributed by atoms with Gasteiger partial charge in [0, 0.05) is 36.1 Å². The van der Waals surface area contributed by atoms with E-state index in [0.717, 1.165) is 32.4 Å². The molecule has 0 saturated carbocycles. The molecule has 218 valence electrons. The van der Waals surface area contributed by atoms with Crippen LogP contribution in [0.25, 0.3) is 10.9 Å². The summed E-state index contributed by atoms with van der Waals surface area (Å²) in [6.45, 7) is 5.73. The van der Waals surface area contributed by atoms with Gasteiger partial charge in [-0.15, -0.1) is 0 Å². The Morgan fingerprint density at radius 3 is 2.83 bits per heavy atom. The number of para-hydroxylation sites is 1. The third-order valence-corrected chi connectivity index (χ3v) is 11.9. The lowest BCUT2D eigenvalue weighted by atomic mass is 9.54. The lowest BCUT2D eigenvalue weighted by Crippen LogP contribution is -3.20. The number of piperidine rings is 1. The summed E-state index contributed by atoms with van der Waals surface area (Å²) in [7, 11) is 0. The van der Waals surface area contributed by atoms with Gasteiger partial charge in [0.2, 0.25) is 0 Å². The molecular weight excluding hydrogens is 504 g/mol. The minimum atomic E-state index is -0.796. The normalized spacial score (nSPS) is 42.3. The summed E-state index contributed by atoms with van der Waals surface area (Å²) in [6, 6.07) is 9.80. The number of benzene rings is 1. The second kappa shape index (κ2) is 10.5. The predicted molar refractivity (Wildman–Crippen MR) is 166 cm³/mol. The van der Waals surface area contributed by atoms with E-state index in [9.17, 15) is 5.11 Å². The Kier molecular flexibility index (Phi) is 6.78. The lowest BCUT2D eigenvalue weighted by molar-refractivity contribution is -0.940. The van der Waals surface area contributed by atoms with E-state index in [0.29, 0.717) is 12.0 Å². The lowest BCUT2D eigenvalue weighted by Gasteiger charge is -2.57. The van der Waals surface area contributed by atoms with Crippen LogP contribution in [0.2, 0.25) is 0 Å². The van der Waals surface area contributed by atoms with Crippen LogP contribution >= 0.6 is 0 Å². The summed E-state index contributed by atoms with van der Waals surface area (Å²) in [4.78, 5) is 8.37. The number of hydrogen-bond donors (Lipinski definition) is 4. The fourth-order valence-electron chi connectivity index (χ4n) is 10.4. The van der Waals surface area contributed by atoms with E-state index >= 15 is 0 Å². The van der Waals surface area contributed by atoms with E-state index in [1.165, 1.54) is 98.7 Å². The van der Waals surface area contributed by atoms with Crippen molar-refractivity contribution in [2.45, 2.75) is 94.4 Å². The zero-order valence-corrected chi connectivity index (χ0v) is 24.7. The first kappa shape index (κ1) is 26.4. The van der Waals surface area contributed by atoms with Gasteiger partial charge in [0.1, 0.15) is 17.7 Å². The van der Waals surface area contributed by atoms with Crippen LogP contribution in [-0.2, 0) is 6.42 Å². The molecule has 4 N–H and O–H groups in total. The van der Waals surface area contributed by atoms with Gasteiger partial charge in [0.05, 0.1) is 18.0 Å². The Morgan fingerprint density at radius 1 is 0.976 bits per heavy atom. The number of aromatic nitrogens is 1. The fourth-order valence-corrected chi connectivity index (χ4v) is 10.4. The van der Waals surface area contributed by atoms with Gasteiger partial charge in [-0.05, 0) is 113 Å². The largest absolute Gasteiger partial charge is 0.379 e. The first-order chi connectivity index (χ1) is 20.2. The van der Waals surface area contributed by atoms with E-state index in [2.05, 4.69) is 69.8 Å². The standard InChI is InChI=1S/C36H48N4O/c41-36-18-10-4-1-2-5-11-20-39-22-17-30(35(25-39)23-26-13-7-3-6-12-21-40(26)34(35)36)29(24-36)32-33-28(16-19-37-32)27-14-8-9-15-31(27)38-33/h1,4,7-9,13-15,24,26,30,32,34,37-38,41H,2-3,5-6,10-12,16-23,25H2/p+1/b4-1-,13-7-/t26?,30-,32?,34?,35-,36-/m0/s1. The zero-order valence-electron chi connectivity index (χ0n) is 24.7. The number of quaternary nitrogens is 1. The zero-order chi connectivity index (χ0) is 27.4. The molecule has 0 radical (unpaired) electrons. The van der Waals surface area contributed by atoms with Crippen LogP contribution in [0.15, 0.2) is 60.2 Å². The number of aromatic amines is 1. The van der Waals surface area contributed by atoms with Gasteiger partial charge in [-0.1, -0.05) is 36.4 Å². The van der Waals surface area contributed by atoms with Crippen molar-refractivity contribution >= 4 is 10.9 Å². The Bertz CT molecular complexity index is 1370. The molecule has 6 aliphatic rings. The van der Waals surface area contributed by atoms with E-state index < -0.39 is 5.60 Å². The smallest absolute Gasteiger partial charge is 0.135 e. The number of nitrogens with one attached hydrogen (secondary N) is 3. The molecule has 5 heteroatoms. The molecule has 2 fully saturated rings. The van der Waals surface area contributed by atoms with Crippen molar-refractivity contribution < 1.29 is 10.0 Å². The molecule has 1 aromatic heterocycles. The second-order valence-electron chi connectivity index (χ2n) is 14.2. The summed E-state index contributed by atoms with van der Waals surface area (Å²) in [5.41, 5.74) is 4.90. The minimum absolute atomic E-state index is 0.106. The number of rotatable bonds is 1. The van der Waals surface area contributed by atoms with Crippen molar-refractivity contribution in [2.75, 3.05) is 32.7 Å². The monoisotopic (exact) mass is 553 g/mol. The number of hydrogen-bond acceptors (Lipinski definition) is 3. The Morgan fingerprint density at radius 2 is 1.85 bits per heavy atom. The highest BCUT2D eigenvalue weighted by molar-refractivity contribution is 5.85. The maximum absolute atomic E-state index is 13.1. The van der Waals surface area contributed by atoms with Crippen molar-refractivity contribution in [3.05, 3.63) is 71.5 Å². The minimum Gasteiger partial charge on any atom is -0.379 e. The summed E-state index contributed by atoms with van der Waals surface area (Å²) < 4.78 is 0. The van der Waals surface area contributed by atoms with Crippen molar-refractivity contribution in [1.82, 2.24) is 15.2 Å². The molecule has 41 heavy (non-hydrogen) atoms. The molecule has 6 heterocycles. The Hall–Kier alpha value is -2.18. The number of fused-ring (bicyclic) bond motifs is 5. The van der Waals surface area contributed by atoms with Gasteiger partial charge < -0.3 is 25.2 Å². The van der Waals surface area contributed by atoms with Gasteiger partial charge in [-0.25, -0.2) is 0 Å². The first-order valence-electron chi connectivity index (χ1n) is 16.8. The highest BCUT2D eigenvalue weighted by Gasteiger charge is 2.69. The van der Waals surface area contributed by atoms with Gasteiger partial charge in [0.15, 0.2) is 0 Å². The summed E-state index contributed by atoms with van der Waals surface area (Å²) >= 11 is 0. The molecule has 5 nitrogen and oxygen atoms in total. The molecule has 8 atom stereocenters. The highest BCUT2D eigenvalue weighted by Crippen LogP contribution is 2.57. The van der Waals surface area contributed by atoms with Crippen LogP contribution in [0.5, 0.6) is 0 Å². The van der Waals surface area contributed by atoms with Crippen LogP contribution in [0, 0.1) is 11.3 Å². The molecule has 1 aromatic carbocycles. The fraction of sp³-hybridized carbons (Fsp3) is 0.611. The average Bonchev–Trinajstić information content (AvgIpc) is 3.49. The average molecular weight is 554 g/mol. The van der Waals surface area contributed by atoms with E-state index in [1.54, 1.807) is 4.90 Å². The van der Waals surface area contributed by atoms with Crippen molar-refractivity contribution in [3.8, 4) is 0 Å². The number of nitrogens with zero attached hydrogens (tertiary/aromatic N) is 1. The van der Waals surface area contributed by atoms with Crippen molar-refractivity contribution in [2.24, 2.45) is 11.3 Å². The molecule has 0 amide bonds. The molecular formula is C36H49N4O+. The third-order valence-electron chi connectivity index (χ3n) is 11.9. The number of H-pyrrole nitrogens is 1. The Labute approximate surface area is 245 Å². The first-order valence-corrected chi connectivity index (χ1v) is 16.8. The van der Waals surface area contributed by atoms with Crippen molar-refractivity contribution in [1.29, 1.82) is 0 Å². The molecule has 3 bridgehead atoms. The molecule has 5 aliphatic heterocycles. The highest BCUT2D eigenvalue weighted by atomic mass is 16.3. The number of allylic oxidation sites excluding steroid dienone is 3. The van der Waals surface area contributed by atoms with Crippen LogP contribution < -0.4 is 10.2 Å². The topological polar surface area (TPSA) is 55.7 Å². The maximum atomic E-state index is 13.1. The second-order valence-corrected chi connectivity index (χ2v) is 14.2. The van der Waals surface area contributed by atoms with Crippen molar-refractivity contribution in [3.63, 3.8) is 0 Å². The van der Waals surface area contributed by atoms with Gasteiger partial charge in [-0.2, -0.15) is 0 Å². The van der Waals surface area contributed by atoms with Gasteiger partial charge in [0.25, 0.3) is 0 Å². The molecule has 1 spiro atoms. The van der Waals surface area contributed by atoms with E-state index in [4.69, 9.17) is 0 Å². The van der Waals surface area contributed by atoms with Crippen LogP contribution in [-0.4, -0.2) is 65.4 Å². The molecule has 1 aliphatic carbocycles. The molecule has 2 saturated heterocycles. The molecule has 2 aromatic rings. The van der Waals surface area contributed by atoms with Gasteiger partial charge in [-0.3, -0.25) is 0 Å². The van der Waals surface area contributed by atoms with Gasteiger partial charge >= 0.3 is 0 Å². The van der Waals surface area contributed by atoms with Crippen LogP contribution in [0.3, 0.4) is 0 Å². The predicted octanol–water partition coefficient (Wildman–Crippen LogP) is 4.62. The third kappa shape index (κ3) is 4.33. The molecule has 8 rings (SSSR count). The summed E-state index contributed by atoms with van der Waals surface area (Å²) in [6.07, 6.45) is 25.0. The summed E-state index contributed by atoms with van der Waals surface area (Å²) in [5, 5.41) is 18.5. The quantitative estimate of drug-likeness (QED) is 0.390. The van der Waals surface area contributed by atoms with E-state index in [1.807, 2.05) is 0 Å². The Balaban J connectivity index is 1.30. The molecule has 5 unspecified atom stereocenters. The number of aliphatic hydroxyl groups is 1. The maximum Gasteiger partial charge on any atom is 0.135 e. The van der Waals surface area contributed by atoms with Crippen LogP contribution in [0.1, 0.15) is 81.5 Å². The van der Waals surface area contributed by atoms with E-state index in [-0.39, 0.29) is 17.5 Å². The van der Waals surface area contributed by atoms with Crippen LogP contribution in [0.4, 0.5) is 0 Å². The summed E-state index contributed by atoms with van der Waals surface area (Å²) in [5.74, 6) is 0.508. The SMILES string of the molecule is O[C@]12C=C(C3NCCc4c3[nH]c3ccccc43)[C@@H]3CCN(CCCC/C=C\CC1)C[C@@]31CC3/C=C\CCCC[NH+]3C12.